The number of benzene rings is 1. The lowest BCUT2D eigenvalue weighted by Gasteiger charge is -2.21. The average molecular weight is 414 g/mol. The molecule has 2 aromatic heterocycles. The summed E-state index contributed by atoms with van der Waals surface area (Å²) in [5.41, 5.74) is 1.75. The fourth-order valence-corrected chi connectivity index (χ4v) is 5.36. The summed E-state index contributed by atoms with van der Waals surface area (Å²) in [7, 11) is 0. The minimum absolute atomic E-state index is 0.00512. The molecule has 0 unspecified atom stereocenters. The molecule has 4 rings (SSSR count). The zero-order valence-electron chi connectivity index (χ0n) is 15.6. The first kappa shape index (κ1) is 19.2. The van der Waals surface area contributed by atoms with Crippen molar-refractivity contribution in [1.29, 1.82) is 0 Å². The fraction of sp³-hybridized carbons (Fsp3) is 0.381. The molecule has 0 saturated heterocycles. The van der Waals surface area contributed by atoms with E-state index in [1.807, 2.05) is 35.7 Å². The number of hydrogen-bond donors (Lipinski definition) is 2. The lowest BCUT2D eigenvalue weighted by atomic mass is 9.89. The zero-order valence-corrected chi connectivity index (χ0v) is 17.2. The molecule has 1 fully saturated rings. The van der Waals surface area contributed by atoms with Crippen molar-refractivity contribution >= 4 is 39.2 Å². The highest BCUT2D eigenvalue weighted by Crippen LogP contribution is 2.31. The summed E-state index contributed by atoms with van der Waals surface area (Å²) in [5.74, 6) is 0.868. The Hall–Kier alpha value is -2.12. The summed E-state index contributed by atoms with van der Waals surface area (Å²) < 4.78 is 0. The molecule has 5 nitrogen and oxygen atoms in total. The predicted octanol–water partition coefficient (Wildman–Crippen LogP) is 4.44. The number of carbonyl (C=O) groups is 1. The number of thioether (sulfide) groups is 1. The number of amides is 1. The third-order valence-corrected chi connectivity index (χ3v) is 6.91. The number of aromatic nitrogens is 2. The van der Waals surface area contributed by atoms with Crippen molar-refractivity contribution in [3.05, 3.63) is 46.1 Å². The second-order valence-electron chi connectivity index (χ2n) is 7.16. The Morgan fingerprint density at radius 2 is 2.00 bits per heavy atom. The number of carbonyl (C=O) groups excluding carboxylic acids is 1. The van der Waals surface area contributed by atoms with E-state index in [0.717, 1.165) is 17.7 Å². The Balaban J connectivity index is 1.41. The first-order valence-electron chi connectivity index (χ1n) is 9.67. The van der Waals surface area contributed by atoms with Crippen LogP contribution in [0.1, 0.15) is 32.1 Å². The molecule has 2 N–H and O–H groups in total. The van der Waals surface area contributed by atoms with Crippen LogP contribution in [0.4, 0.5) is 0 Å². The smallest absolute Gasteiger partial charge is 0.260 e. The van der Waals surface area contributed by atoms with E-state index < -0.39 is 0 Å². The summed E-state index contributed by atoms with van der Waals surface area (Å²) >= 11 is 2.73. The van der Waals surface area contributed by atoms with Crippen LogP contribution in [0.15, 0.2) is 45.7 Å². The number of thiophene rings is 1. The maximum Gasteiger partial charge on any atom is 0.260 e. The maximum absolute atomic E-state index is 12.6. The molecule has 0 bridgehead atoms. The van der Waals surface area contributed by atoms with Gasteiger partial charge in [-0.15, -0.1) is 11.3 Å². The SMILES string of the molecule is O=C(CSc1nc2scc(-c3ccccc3)c2c(=O)[nH]1)NCC1CCCCC1. The van der Waals surface area contributed by atoms with Crippen LogP contribution in [-0.2, 0) is 4.79 Å². The first-order chi connectivity index (χ1) is 13.7. The monoisotopic (exact) mass is 413 g/mol. The van der Waals surface area contributed by atoms with Crippen molar-refractivity contribution < 1.29 is 4.79 Å². The molecule has 1 saturated carbocycles. The van der Waals surface area contributed by atoms with Crippen LogP contribution in [0.3, 0.4) is 0 Å². The van der Waals surface area contributed by atoms with Gasteiger partial charge in [0.05, 0.1) is 11.1 Å². The van der Waals surface area contributed by atoms with Gasteiger partial charge in [-0.2, -0.15) is 0 Å². The summed E-state index contributed by atoms with van der Waals surface area (Å²) in [4.78, 5) is 32.9. The van der Waals surface area contributed by atoms with Crippen LogP contribution in [0.2, 0.25) is 0 Å². The molecule has 2 heterocycles. The highest BCUT2D eigenvalue weighted by molar-refractivity contribution is 7.99. The van der Waals surface area contributed by atoms with E-state index in [9.17, 15) is 9.59 Å². The van der Waals surface area contributed by atoms with Gasteiger partial charge in [0.25, 0.3) is 5.56 Å². The number of rotatable bonds is 6. The highest BCUT2D eigenvalue weighted by atomic mass is 32.2. The molecule has 3 aromatic rings. The Morgan fingerprint density at radius 1 is 1.21 bits per heavy atom. The zero-order chi connectivity index (χ0) is 19.3. The maximum atomic E-state index is 12.6. The van der Waals surface area contributed by atoms with Crippen molar-refractivity contribution in [3.8, 4) is 11.1 Å². The van der Waals surface area contributed by atoms with Crippen molar-refractivity contribution in [2.45, 2.75) is 37.3 Å². The number of nitrogens with one attached hydrogen (secondary N) is 2. The second-order valence-corrected chi connectivity index (χ2v) is 8.99. The van der Waals surface area contributed by atoms with Gasteiger partial charge in [0.1, 0.15) is 4.83 Å². The fourth-order valence-electron chi connectivity index (χ4n) is 3.66. The molecule has 146 valence electrons. The Morgan fingerprint density at radius 3 is 2.79 bits per heavy atom. The van der Waals surface area contributed by atoms with E-state index >= 15 is 0 Å². The number of fused-ring (bicyclic) bond motifs is 1. The molecule has 7 heteroatoms. The van der Waals surface area contributed by atoms with Crippen LogP contribution >= 0.6 is 23.1 Å². The number of nitrogens with zero attached hydrogens (tertiary/aromatic N) is 1. The number of hydrogen-bond acceptors (Lipinski definition) is 5. The van der Waals surface area contributed by atoms with E-state index in [1.165, 1.54) is 55.2 Å². The molecule has 0 atom stereocenters. The Labute approximate surface area is 172 Å². The van der Waals surface area contributed by atoms with Crippen LogP contribution in [0, 0.1) is 5.92 Å². The van der Waals surface area contributed by atoms with Gasteiger partial charge in [0.15, 0.2) is 5.16 Å². The molecule has 28 heavy (non-hydrogen) atoms. The van der Waals surface area contributed by atoms with Gasteiger partial charge in [-0.05, 0) is 24.3 Å². The summed E-state index contributed by atoms with van der Waals surface area (Å²) in [5, 5.41) is 6.09. The van der Waals surface area contributed by atoms with Crippen molar-refractivity contribution in [1.82, 2.24) is 15.3 Å². The van der Waals surface area contributed by atoms with E-state index in [-0.39, 0.29) is 17.2 Å². The van der Waals surface area contributed by atoms with Crippen molar-refractivity contribution in [3.63, 3.8) is 0 Å². The summed E-state index contributed by atoms with van der Waals surface area (Å²) in [6.45, 7) is 0.758. The molecule has 0 spiro atoms. The Bertz CT molecular complexity index is 1010. The van der Waals surface area contributed by atoms with Crippen LogP contribution in [0.5, 0.6) is 0 Å². The second kappa shape index (κ2) is 8.92. The third-order valence-electron chi connectivity index (χ3n) is 5.16. The number of aromatic amines is 1. The largest absolute Gasteiger partial charge is 0.355 e. The molecule has 0 aliphatic heterocycles. The van der Waals surface area contributed by atoms with E-state index in [0.29, 0.717) is 21.3 Å². The van der Waals surface area contributed by atoms with Gasteiger partial charge in [-0.25, -0.2) is 4.98 Å². The molecule has 1 aliphatic rings. The molecule has 1 amide bonds. The normalized spacial score (nSPS) is 15.0. The third kappa shape index (κ3) is 4.47. The lowest BCUT2D eigenvalue weighted by molar-refractivity contribution is -0.118. The summed E-state index contributed by atoms with van der Waals surface area (Å²) in [6.07, 6.45) is 6.27. The van der Waals surface area contributed by atoms with Gasteiger partial charge < -0.3 is 10.3 Å². The van der Waals surface area contributed by atoms with Gasteiger partial charge in [0, 0.05) is 17.5 Å². The predicted molar refractivity (Wildman–Crippen MR) is 116 cm³/mol. The number of H-pyrrole nitrogens is 1. The molecule has 1 aromatic carbocycles. The van der Waals surface area contributed by atoms with Crippen LogP contribution in [0.25, 0.3) is 21.3 Å². The van der Waals surface area contributed by atoms with Crippen molar-refractivity contribution in [2.75, 3.05) is 12.3 Å². The molecule has 0 radical (unpaired) electrons. The van der Waals surface area contributed by atoms with Gasteiger partial charge in [0.2, 0.25) is 5.91 Å². The minimum Gasteiger partial charge on any atom is -0.355 e. The first-order valence-corrected chi connectivity index (χ1v) is 11.5. The van der Waals surface area contributed by atoms with E-state index in [1.54, 1.807) is 0 Å². The molecule has 1 aliphatic carbocycles. The van der Waals surface area contributed by atoms with Gasteiger partial charge in [-0.3, -0.25) is 9.59 Å². The van der Waals surface area contributed by atoms with Gasteiger partial charge in [-0.1, -0.05) is 61.4 Å². The lowest BCUT2D eigenvalue weighted by Crippen LogP contribution is -2.31. The molecular weight excluding hydrogens is 390 g/mol. The van der Waals surface area contributed by atoms with Gasteiger partial charge >= 0.3 is 0 Å². The standard InChI is InChI=1S/C21H23N3O2S2/c25-17(22-11-14-7-3-1-4-8-14)13-28-21-23-19(26)18-16(12-27-20(18)24-21)15-9-5-2-6-10-15/h2,5-6,9-10,12,14H,1,3-4,7-8,11,13H2,(H,22,25)(H,23,24,26). The highest BCUT2D eigenvalue weighted by Gasteiger charge is 2.16. The van der Waals surface area contributed by atoms with Crippen molar-refractivity contribution in [2.24, 2.45) is 5.92 Å². The van der Waals surface area contributed by atoms with Crippen LogP contribution in [-0.4, -0.2) is 28.2 Å². The van der Waals surface area contributed by atoms with E-state index in [2.05, 4.69) is 15.3 Å². The van der Waals surface area contributed by atoms with E-state index in [4.69, 9.17) is 0 Å². The topological polar surface area (TPSA) is 74.8 Å². The van der Waals surface area contributed by atoms with Crippen LogP contribution < -0.4 is 10.9 Å². The minimum atomic E-state index is -0.157. The summed E-state index contributed by atoms with van der Waals surface area (Å²) in [6, 6.07) is 9.84. The average Bonchev–Trinajstić information content (AvgIpc) is 3.17. The molecular formula is C21H23N3O2S2. The quantitative estimate of drug-likeness (QED) is 0.463. The Kier molecular flexibility index (Phi) is 6.12.